The van der Waals surface area contributed by atoms with Crippen molar-refractivity contribution in [2.24, 2.45) is 11.3 Å². The van der Waals surface area contributed by atoms with Gasteiger partial charge in [0, 0.05) is 0 Å². The molecule has 4 aromatic rings. The van der Waals surface area contributed by atoms with E-state index in [1.807, 2.05) is 0 Å². The van der Waals surface area contributed by atoms with Crippen molar-refractivity contribution in [3.8, 4) is 33.4 Å². The largest absolute Gasteiger partial charge is 1.00 e. The normalized spacial score (nSPS) is 14.9. The number of halogens is 2. The molecule has 0 radical (unpaired) electrons. The minimum atomic E-state index is -1.10. The number of allylic oxidation sites excluding steroid dienone is 4. The van der Waals surface area contributed by atoms with E-state index in [1.165, 1.54) is 85.2 Å². The molecule has 2 aliphatic rings. The Bertz CT molecular complexity index is 1820. The van der Waals surface area contributed by atoms with E-state index in [9.17, 15) is 0 Å². The minimum Gasteiger partial charge on any atom is -1.00 e. The van der Waals surface area contributed by atoms with Gasteiger partial charge in [0.1, 0.15) is 0 Å². The number of fused-ring (bicyclic) bond motifs is 3. The van der Waals surface area contributed by atoms with Crippen LogP contribution in [0.15, 0.2) is 75.6 Å². The zero-order valence-electron chi connectivity index (χ0n) is 29.3. The summed E-state index contributed by atoms with van der Waals surface area (Å²) in [6, 6.07) is 21.6. The Morgan fingerprint density at radius 3 is 1.80 bits per heavy atom. The van der Waals surface area contributed by atoms with Crippen molar-refractivity contribution in [2.45, 2.75) is 88.5 Å². The number of aryl methyl sites for hydroxylation is 6. The van der Waals surface area contributed by atoms with Crippen LogP contribution in [0.2, 0.25) is 0 Å². The summed E-state index contributed by atoms with van der Waals surface area (Å²) >= 11 is -1.10. The Balaban J connectivity index is 0.00000240. The molecule has 0 heterocycles. The molecular formula is C43H48Cl2Zr. The van der Waals surface area contributed by atoms with Crippen molar-refractivity contribution in [1.82, 2.24) is 0 Å². The molecule has 46 heavy (non-hydrogen) atoms. The van der Waals surface area contributed by atoms with Gasteiger partial charge in [-0.2, -0.15) is 0 Å². The second-order valence-corrected chi connectivity index (χ2v) is 17.9. The summed E-state index contributed by atoms with van der Waals surface area (Å²) in [6.07, 6.45) is 8.79. The summed E-state index contributed by atoms with van der Waals surface area (Å²) in [5, 5.41) is 0. The fraction of sp³-hybridized carbons (Fsp3) is 0.349. The third-order valence-corrected chi connectivity index (χ3v) is 13.8. The van der Waals surface area contributed by atoms with E-state index >= 15 is 0 Å². The molecule has 1 atom stereocenters. The SMILES string of the molecule is CCCC1C=C(C(C)(C)C)C=[C]1[Zr+2][c]1c(-c2c(C)cc(C)cc2C)ccc2c1Cc1cc(-c3c(C)cc(C)cc3C)ccc1-2.[Cl-].[Cl-]. The molecule has 0 amide bonds. The molecule has 0 fully saturated rings. The number of hydrogen-bond acceptors (Lipinski definition) is 0. The van der Waals surface area contributed by atoms with Gasteiger partial charge in [-0.25, -0.2) is 0 Å². The van der Waals surface area contributed by atoms with Crippen molar-refractivity contribution < 1.29 is 48.0 Å². The zero-order chi connectivity index (χ0) is 31.5. The van der Waals surface area contributed by atoms with Gasteiger partial charge in [-0.15, -0.1) is 0 Å². The molecule has 2 aliphatic carbocycles. The first kappa shape index (κ1) is 36.7. The summed E-state index contributed by atoms with van der Waals surface area (Å²) in [5.41, 5.74) is 21.7. The smallest absolute Gasteiger partial charge is 1.00 e. The quantitative estimate of drug-likeness (QED) is 0.219. The number of hydrogen-bond donors (Lipinski definition) is 0. The minimum absolute atomic E-state index is 0. The van der Waals surface area contributed by atoms with Crippen LogP contribution >= 0.6 is 0 Å². The van der Waals surface area contributed by atoms with Gasteiger partial charge in [0.2, 0.25) is 0 Å². The molecule has 0 aliphatic heterocycles. The first-order valence-electron chi connectivity index (χ1n) is 16.5. The summed E-state index contributed by atoms with van der Waals surface area (Å²) in [7, 11) is 0. The standard InChI is InChI=1S/C31H29.C12H19.2ClH.Zr/c1-18-11-20(3)30(21(4)12-18)24-7-9-28-26(15-24)17-27-16-25(8-10-29(27)28)31-22(5)13-19(2)14-23(31)6;1-5-6-10-7-8-11(9-10)12(2,3)4;;;/h7-15H,17H2,1-6H3;8-10H,5-6H2,1-4H3;2*1H;/q;;;;+2/p-2. The van der Waals surface area contributed by atoms with Crippen molar-refractivity contribution in [2.75, 3.05) is 0 Å². The van der Waals surface area contributed by atoms with Gasteiger partial charge in [0.15, 0.2) is 0 Å². The van der Waals surface area contributed by atoms with Crippen LogP contribution in [-0.2, 0) is 29.7 Å². The Hall–Kier alpha value is -2.18. The van der Waals surface area contributed by atoms with Crippen LogP contribution in [0.4, 0.5) is 0 Å². The van der Waals surface area contributed by atoms with E-state index in [-0.39, 0.29) is 30.2 Å². The van der Waals surface area contributed by atoms with Gasteiger partial charge < -0.3 is 24.8 Å². The van der Waals surface area contributed by atoms with Crippen LogP contribution < -0.4 is 28.1 Å². The van der Waals surface area contributed by atoms with Crippen LogP contribution in [0.25, 0.3) is 33.4 Å². The average molecular weight is 727 g/mol. The molecule has 3 heteroatoms. The number of benzene rings is 4. The Kier molecular flexibility index (Phi) is 11.3. The maximum Gasteiger partial charge on any atom is -1.00 e. The molecule has 0 aromatic heterocycles. The van der Waals surface area contributed by atoms with Gasteiger partial charge in [0.05, 0.1) is 0 Å². The van der Waals surface area contributed by atoms with Crippen LogP contribution in [-0.4, -0.2) is 0 Å². The zero-order valence-corrected chi connectivity index (χ0v) is 33.3. The molecule has 0 saturated heterocycles. The Morgan fingerprint density at radius 2 is 1.24 bits per heavy atom. The van der Waals surface area contributed by atoms with Crippen molar-refractivity contribution >= 4 is 3.27 Å². The molecule has 0 N–H and O–H groups in total. The first-order valence-corrected chi connectivity index (χ1v) is 19.0. The monoisotopic (exact) mass is 724 g/mol. The van der Waals surface area contributed by atoms with Gasteiger partial charge >= 0.3 is 280 Å². The van der Waals surface area contributed by atoms with Crippen LogP contribution in [0.1, 0.15) is 85.0 Å². The van der Waals surface area contributed by atoms with E-state index in [2.05, 4.69) is 136 Å². The molecule has 238 valence electrons. The molecule has 4 aromatic carbocycles. The van der Waals surface area contributed by atoms with Crippen molar-refractivity contribution in [1.29, 1.82) is 0 Å². The van der Waals surface area contributed by atoms with Gasteiger partial charge in [-0.1, -0.05) is 0 Å². The number of rotatable bonds is 6. The van der Waals surface area contributed by atoms with Crippen LogP contribution in [0.5, 0.6) is 0 Å². The van der Waals surface area contributed by atoms with E-state index in [0.717, 1.165) is 6.42 Å². The predicted octanol–water partition coefficient (Wildman–Crippen LogP) is 5.44. The summed E-state index contributed by atoms with van der Waals surface area (Å²) in [4.78, 5) is 0. The van der Waals surface area contributed by atoms with Crippen molar-refractivity contribution in [3.05, 3.63) is 120 Å². The fourth-order valence-electron chi connectivity index (χ4n) is 7.94. The van der Waals surface area contributed by atoms with Gasteiger partial charge in [-0.3, -0.25) is 0 Å². The van der Waals surface area contributed by atoms with E-state index in [0.29, 0.717) is 5.92 Å². The second kappa shape index (κ2) is 14.1. The average Bonchev–Trinajstić information content (AvgIpc) is 3.50. The Labute approximate surface area is 302 Å². The van der Waals surface area contributed by atoms with Gasteiger partial charge in [-0.05, 0) is 0 Å². The third kappa shape index (κ3) is 6.86. The predicted molar refractivity (Wildman–Crippen MR) is 188 cm³/mol. The third-order valence-electron chi connectivity index (χ3n) is 9.81. The van der Waals surface area contributed by atoms with E-state index in [4.69, 9.17) is 0 Å². The maximum absolute atomic E-state index is 2.63. The summed E-state index contributed by atoms with van der Waals surface area (Å²) in [6.45, 7) is 23.1. The fourth-order valence-corrected chi connectivity index (χ4v) is 12.0. The molecule has 0 spiro atoms. The van der Waals surface area contributed by atoms with Crippen LogP contribution in [0, 0.1) is 52.9 Å². The summed E-state index contributed by atoms with van der Waals surface area (Å²) < 4.78 is 3.47. The van der Waals surface area contributed by atoms with E-state index < -0.39 is 23.2 Å². The van der Waals surface area contributed by atoms with Crippen LogP contribution in [0.3, 0.4) is 0 Å². The first-order chi connectivity index (χ1) is 20.8. The van der Waals surface area contributed by atoms with Crippen molar-refractivity contribution in [3.63, 3.8) is 0 Å². The topological polar surface area (TPSA) is 0 Å². The maximum atomic E-state index is 2.63. The molecule has 0 saturated carbocycles. The molecule has 0 nitrogen and oxygen atoms in total. The Morgan fingerprint density at radius 1 is 0.696 bits per heavy atom. The molecule has 0 bridgehead atoms. The molecule has 1 unspecified atom stereocenters. The van der Waals surface area contributed by atoms with E-state index in [1.54, 1.807) is 17.7 Å². The second-order valence-electron chi connectivity index (χ2n) is 14.6. The molecule has 6 rings (SSSR count). The molecular weight excluding hydrogens is 679 g/mol. The van der Waals surface area contributed by atoms with Gasteiger partial charge in [0.25, 0.3) is 0 Å². The summed E-state index contributed by atoms with van der Waals surface area (Å²) in [5.74, 6) is 0.604.